The molecule has 110 valence electrons. The molecule has 2 aromatic heterocycles. The van der Waals surface area contributed by atoms with Gasteiger partial charge in [-0.05, 0) is 32.3 Å². The van der Waals surface area contributed by atoms with E-state index >= 15 is 0 Å². The number of nitrogens with zero attached hydrogens (tertiary/aromatic N) is 4. The van der Waals surface area contributed by atoms with E-state index in [9.17, 15) is 0 Å². The summed E-state index contributed by atoms with van der Waals surface area (Å²) in [6, 6.07) is 2.17. The smallest absolute Gasteiger partial charge is 0.0854 e. The van der Waals surface area contributed by atoms with Crippen LogP contribution in [0.3, 0.4) is 0 Å². The first-order valence-corrected chi connectivity index (χ1v) is 7.54. The molecule has 0 fully saturated rings. The summed E-state index contributed by atoms with van der Waals surface area (Å²) in [5.41, 5.74) is 11.5. The van der Waals surface area contributed by atoms with Crippen molar-refractivity contribution in [3.05, 3.63) is 28.8 Å². The van der Waals surface area contributed by atoms with Crippen LogP contribution in [0.25, 0.3) is 0 Å². The summed E-state index contributed by atoms with van der Waals surface area (Å²) >= 11 is 0. The number of hydrogen-bond acceptors (Lipinski definition) is 3. The third-order valence-corrected chi connectivity index (χ3v) is 3.73. The van der Waals surface area contributed by atoms with Gasteiger partial charge >= 0.3 is 0 Å². The molecule has 0 aliphatic heterocycles. The van der Waals surface area contributed by atoms with E-state index < -0.39 is 0 Å². The van der Waals surface area contributed by atoms with Crippen LogP contribution in [0.5, 0.6) is 0 Å². The number of aryl methyl sites for hydroxylation is 3. The Kier molecular flexibility index (Phi) is 4.47. The van der Waals surface area contributed by atoms with Crippen molar-refractivity contribution in [3.63, 3.8) is 0 Å². The van der Waals surface area contributed by atoms with Gasteiger partial charge in [0.25, 0.3) is 0 Å². The number of nitrogens with two attached hydrogens (primary N) is 1. The molecule has 0 unspecified atom stereocenters. The number of aromatic nitrogens is 4. The predicted molar refractivity (Wildman–Crippen MR) is 81.8 cm³/mol. The molecular weight excluding hydrogens is 250 g/mol. The fraction of sp³-hybridized carbons (Fsp3) is 0.600. The van der Waals surface area contributed by atoms with Crippen molar-refractivity contribution in [1.29, 1.82) is 0 Å². The Morgan fingerprint density at radius 2 is 1.75 bits per heavy atom. The zero-order chi connectivity index (χ0) is 14.7. The molecule has 0 bridgehead atoms. The van der Waals surface area contributed by atoms with E-state index in [1.165, 1.54) is 5.69 Å². The highest BCUT2D eigenvalue weighted by molar-refractivity contribution is 5.48. The van der Waals surface area contributed by atoms with Crippen molar-refractivity contribution in [2.45, 2.75) is 60.0 Å². The van der Waals surface area contributed by atoms with Crippen LogP contribution < -0.4 is 5.73 Å². The van der Waals surface area contributed by atoms with Gasteiger partial charge < -0.3 is 5.73 Å². The average molecular weight is 275 g/mol. The van der Waals surface area contributed by atoms with E-state index in [2.05, 4.69) is 48.6 Å². The van der Waals surface area contributed by atoms with Crippen LogP contribution in [0, 0.1) is 0 Å². The van der Waals surface area contributed by atoms with Crippen molar-refractivity contribution >= 4 is 5.69 Å². The number of nitrogen functional groups attached to an aromatic ring is 1. The van der Waals surface area contributed by atoms with Gasteiger partial charge in [0.2, 0.25) is 0 Å². The lowest BCUT2D eigenvalue weighted by Gasteiger charge is -2.08. The molecule has 0 aliphatic rings. The van der Waals surface area contributed by atoms with E-state index in [1.807, 2.05) is 4.68 Å². The quantitative estimate of drug-likeness (QED) is 0.880. The van der Waals surface area contributed by atoms with Crippen LogP contribution in [0.2, 0.25) is 0 Å². The summed E-state index contributed by atoms with van der Waals surface area (Å²) in [4.78, 5) is 0. The topological polar surface area (TPSA) is 61.7 Å². The third-order valence-electron chi connectivity index (χ3n) is 3.73. The summed E-state index contributed by atoms with van der Waals surface area (Å²) in [6.45, 7) is 10.1. The van der Waals surface area contributed by atoms with E-state index in [4.69, 9.17) is 5.73 Å². The van der Waals surface area contributed by atoms with Crippen LogP contribution in [0.1, 0.15) is 50.5 Å². The second-order valence-corrected chi connectivity index (χ2v) is 4.97. The Labute approximate surface area is 120 Å². The monoisotopic (exact) mass is 275 g/mol. The normalized spacial score (nSPS) is 11.2. The predicted octanol–water partition coefficient (Wildman–Crippen LogP) is 2.42. The highest BCUT2D eigenvalue weighted by Crippen LogP contribution is 2.20. The highest BCUT2D eigenvalue weighted by atomic mass is 15.3. The van der Waals surface area contributed by atoms with Gasteiger partial charge in [-0.15, -0.1) is 0 Å². The Balaban J connectivity index is 2.36. The molecule has 2 rings (SSSR count). The van der Waals surface area contributed by atoms with E-state index in [0.29, 0.717) is 0 Å². The first kappa shape index (κ1) is 14.6. The lowest BCUT2D eigenvalue weighted by Crippen LogP contribution is -2.11. The molecule has 0 saturated heterocycles. The minimum Gasteiger partial charge on any atom is -0.396 e. The summed E-state index contributed by atoms with van der Waals surface area (Å²) in [5, 5.41) is 9.25. The molecule has 2 heterocycles. The molecule has 5 heteroatoms. The fourth-order valence-electron chi connectivity index (χ4n) is 2.57. The standard InChI is InChI=1S/C15H25N5/c1-5-11-9-12(19(8-4)17-11)10-20-14(7-3)15(16)13(6-2)18-20/h9H,5-8,10,16H2,1-4H3. The molecule has 0 saturated carbocycles. The van der Waals surface area contributed by atoms with E-state index in [1.54, 1.807) is 0 Å². The van der Waals surface area contributed by atoms with Crippen molar-refractivity contribution in [1.82, 2.24) is 19.6 Å². The van der Waals surface area contributed by atoms with Gasteiger partial charge in [0.1, 0.15) is 0 Å². The van der Waals surface area contributed by atoms with Gasteiger partial charge in [0.15, 0.2) is 0 Å². The van der Waals surface area contributed by atoms with Crippen molar-refractivity contribution in [3.8, 4) is 0 Å². The number of rotatable bonds is 6. The Bertz CT molecular complexity index is 579. The van der Waals surface area contributed by atoms with Gasteiger partial charge in [-0.1, -0.05) is 20.8 Å². The zero-order valence-corrected chi connectivity index (χ0v) is 13.0. The SMILES string of the molecule is CCc1cc(Cn2nc(CC)c(N)c2CC)n(CC)n1. The minimum absolute atomic E-state index is 0.744. The van der Waals surface area contributed by atoms with Crippen molar-refractivity contribution < 1.29 is 0 Å². The Morgan fingerprint density at radius 3 is 2.30 bits per heavy atom. The minimum atomic E-state index is 0.744. The van der Waals surface area contributed by atoms with Gasteiger partial charge in [0.05, 0.1) is 35.0 Å². The molecule has 0 amide bonds. The number of hydrogen-bond donors (Lipinski definition) is 1. The molecule has 2 N–H and O–H groups in total. The Hall–Kier alpha value is -1.78. The third kappa shape index (κ3) is 2.57. The summed E-state index contributed by atoms with van der Waals surface area (Å²) < 4.78 is 4.10. The van der Waals surface area contributed by atoms with Gasteiger partial charge in [-0.3, -0.25) is 9.36 Å². The van der Waals surface area contributed by atoms with Crippen LogP contribution in [0.4, 0.5) is 5.69 Å². The molecule has 20 heavy (non-hydrogen) atoms. The maximum Gasteiger partial charge on any atom is 0.0854 e. The van der Waals surface area contributed by atoms with E-state index in [-0.39, 0.29) is 0 Å². The zero-order valence-electron chi connectivity index (χ0n) is 13.0. The second kappa shape index (κ2) is 6.11. The van der Waals surface area contributed by atoms with Gasteiger partial charge in [-0.2, -0.15) is 10.2 Å². The van der Waals surface area contributed by atoms with Crippen LogP contribution in [0.15, 0.2) is 6.07 Å². The lowest BCUT2D eigenvalue weighted by molar-refractivity contribution is 0.560. The molecule has 0 spiro atoms. The molecule has 2 aromatic rings. The summed E-state index contributed by atoms with van der Waals surface area (Å²) in [7, 11) is 0. The largest absolute Gasteiger partial charge is 0.396 e. The molecule has 0 aromatic carbocycles. The highest BCUT2D eigenvalue weighted by Gasteiger charge is 2.14. The van der Waals surface area contributed by atoms with Gasteiger partial charge in [-0.25, -0.2) is 0 Å². The lowest BCUT2D eigenvalue weighted by atomic mass is 10.2. The first-order valence-electron chi connectivity index (χ1n) is 7.54. The van der Waals surface area contributed by atoms with Gasteiger partial charge in [0, 0.05) is 6.54 Å². The maximum absolute atomic E-state index is 6.18. The van der Waals surface area contributed by atoms with Crippen molar-refractivity contribution in [2.24, 2.45) is 0 Å². The van der Waals surface area contributed by atoms with Crippen LogP contribution in [-0.2, 0) is 32.4 Å². The molecule has 0 aliphatic carbocycles. The average Bonchev–Trinajstić information content (AvgIpc) is 2.99. The fourth-order valence-corrected chi connectivity index (χ4v) is 2.57. The van der Waals surface area contributed by atoms with E-state index in [0.717, 1.165) is 55.1 Å². The first-order chi connectivity index (χ1) is 9.64. The molecule has 0 atom stereocenters. The summed E-state index contributed by atoms with van der Waals surface area (Å²) in [5.74, 6) is 0. The molecule has 5 nitrogen and oxygen atoms in total. The second-order valence-electron chi connectivity index (χ2n) is 4.97. The van der Waals surface area contributed by atoms with Crippen LogP contribution in [-0.4, -0.2) is 19.6 Å². The summed E-state index contributed by atoms with van der Waals surface area (Å²) in [6.07, 6.45) is 2.74. The molecular formula is C15H25N5. The maximum atomic E-state index is 6.18. The van der Waals surface area contributed by atoms with Crippen molar-refractivity contribution in [2.75, 3.05) is 5.73 Å². The Morgan fingerprint density at radius 1 is 1.00 bits per heavy atom. The number of anilines is 1. The van der Waals surface area contributed by atoms with Crippen LogP contribution >= 0.6 is 0 Å². The molecule has 0 radical (unpaired) electrons.